The van der Waals surface area contributed by atoms with E-state index < -0.39 is 0 Å². The lowest BCUT2D eigenvalue weighted by Crippen LogP contribution is -1.97. The first-order chi connectivity index (χ1) is 11.8. The van der Waals surface area contributed by atoms with Gasteiger partial charge in [0, 0.05) is 29.1 Å². The van der Waals surface area contributed by atoms with Gasteiger partial charge in [-0.2, -0.15) is 0 Å². The summed E-state index contributed by atoms with van der Waals surface area (Å²) in [6.07, 6.45) is 0. The van der Waals surface area contributed by atoms with Crippen molar-refractivity contribution in [1.29, 1.82) is 0 Å². The molecule has 1 aliphatic rings. The van der Waals surface area contributed by atoms with Crippen LogP contribution in [0.1, 0.15) is 11.1 Å². The lowest BCUT2D eigenvalue weighted by Gasteiger charge is -2.02. The number of para-hydroxylation sites is 1. The second kappa shape index (κ2) is 5.94. The van der Waals surface area contributed by atoms with Crippen LogP contribution in [0.5, 0.6) is 0 Å². The molecule has 3 aromatic carbocycles. The van der Waals surface area contributed by atoms with E-state index in [1.165, 1.54) is 6.07 Å². The number of hydrogen-bond acceptors (Lipinski definition) is 4. The van der Waals surface area contributed by atoms with Gasteiger partial charge in [0.1, 0.15) is 4.90 Å². The third-order valence-electron chi connectivity index (χ3n) is 3.95. The fourth-order valence-corrected chi connectivity index (χ4v) is 3.63. The minimum absolute atomic E-state index is 0.0754. The average molecular weight is 332 g/mol. The largest absolute Gasteiger partial charge is 0.284 e. The highest BCUT2D eigenvalue weighted by Gasteiger charge is 2.24. The Bertz CT molecular complexity index is 935. The number of benzene rings is 3. The van der Waals surface area contributed by atoms with E-state index in [0.717, 1.165) is 39.9 Å². The Kier molecular flexibility index (Phi) is 3.63. The number of nitro benzene ring substituents is 1. The number of nitrogens with zero attached hydrogens (tertiary/aromatic N) is 2. The summed E-state index contributed by atoms with van der Waals surface area (Å²) in [5.74, 6) is 0. The summed E-state index contributed by atoms with van der Waals surface area (Å²) in [6.45, 7) is 0. The smallest absolute Gasteiger partial charge is 0.258 e. The van der Waals surface area contributed by atoms with E-state index in [0.29, 0.717) is 4.90 Å². The molecular formula is C19H12N2O2S. The van der Waals surface area contributed by atoms with Crippen molar-refractivity contribution in [3.63, 3.8) is 0 Å². The molecule has 0 aromatic heterocycles. The van der Waals surface area contributed by atoms with E-state index in [2.05, 4.69) is 16.5 Å². The van der Waals surface area contributed by atoms with Gasteiger partial charge in [0.15, 0.2) is 0 Å². The fourth-order valence-electron chi connectivity index (χ4n) is 2.87. The Morgan fingerprint density at radius 1 is 0.750 bits per heavy atom. The van der Waals surface area contributed by atoms with E-state index in [1.54, 1.807) is 18.2 Å². The van der Waals surface area contributed by atoms with E-state index >= 15 is 0 Å². The molecule has 24 heavy (non-hydrogen) atoms. The standard InChI is InChI=1S/C19H12N2O2S/c22-21(23)17-11-5-6-12-18(17)24-20-19-15-9-3-1-7-13(15)14-8-2-4-10-16(14)19/h1-12H. The lowest BCUT2D eigenvalue weighted by atomic mass is 10.1. The zero-order valence-electron chi connectivity index (χ0n) is 12.5. The predicted molar refractivity (Wildman–Crippen MR) is 96.5 cm³/mol. The number of hydrogen-bond donors (Lipinski definition) is 0. The summed E-state index contributed by atoms with van der Waals surface area (Å²) in [6, 6.07) is 22.9. The van der Waals surface area contributed by atoms with Crippen LogP contribution in [0.2, 0.25) is 0 Å². The summed E-state index contributed by atoms with van der Waals surface area (Å²) in [5.41, 5.74) is 5.36. The second-order valence-corrected chi connectivity index (χ2v) is 6.15. The van der Waals surface area contributed by atoms with Gasteiger partial charge in [-0.3, -0.25) is 10.1 Å². The zero-order chi connectivity index (χ0) is 16.5. The van der Waals surface area contributed by atoms with Gasteiger partial charge in [-0.1, -0.05) is 60.7 Å². The van der Waals surface area contributed by atoms with Crippen LogP contribution in [0.4, 0.5) is 5.69 Å². The Balaban J connectivity index is 1.80. The second-order valence-electron chi connectivity index (χ2n) is 5.35. The van der Waals surface area contributed by atoms with Crippen LogP contribution in [0.25, 0.3) is 11.1 Å². The van der Waals surface area contributed by atoms with Crippen LogP contribution < -0.4 is 0 Å². The monoisotopic (exact) mass is 332 g/mol. The number of fused-ring (bicyclic) bond motifs is 3. The quantitative estimate of drug-likeness (QED) is 0.297. The molecule has 1 aliphatic carbocycles. The Morgan fingerprint density at radius 3 is 1.83 bits per heavy atom. The molecular weight excluding hydrogens is 320 g/mol. The van der Waals surface area contributed by atoms with E-state index in [-0.39, 0.29) is 10.6 Å². The molecule has 0 unspecified atom stereocenters. The molecule has 0 heterocycles. The summed E-state index contributed by atoms with van der Waals surface area (Å²) in [7, 11) is 0. The van der Waals surface area contributed by atoms with E-state index in [1.807, 2.05) is 36.4 Å². The van der Waals surface area contributed by atoms with Gasteiger partial charge in [-0.25, -0.2) is 4.40 Å². The van der Waals surface area contributed by atoms with Crippen molar-refractivity contribution in [3.8, 4) is 11.1 Å². The molecule has 4 nitrogen and oxygen atoms in total. The molecule has 116 valence electrons. The van der Waals surface area contributed by atoms with Crippen LogP contribution in [-0.4, -0.2) is 10.6 Å². The first kappa shape index (κ1) is 14.7. The summed E-state index contributed by atoms with van der Waals surface area (Å²) in [5, 5.41) is 11.2. The maximum absolute atomic E-state index is 11.2. The van der Waals surface area contributed by atoms with Crippen LogP contribution in [-0.2, 0) is 0 Å². The normalized spacial score (nSPS) is 11.8. The summed E-state index contributed by atoms with van der Waals surface area (Å²) < 4.78 is 4.65. The Hall–Kier alpha value is -2.92. The summed E-state index contributed by atoms with van der Waals surface area (Å²) in [4.78, 5) is 11.3. The SMILES string of the molecule is O=[N+]([O-])c1ccccc1SN=C1c2ccccc2-c2ccccc21. The number of nitro groups is 1. The molecule has 0 amide bonds. The molecule has 0 aliphatic heterocycles. The van der Waals surface area contributed by atoms with Crippen LogP contribution in [0, 0.1) is 10.1 Å². The maximum Gasteiger partial charge on any atom is 0.284 e. The van der Waals surface area contributed by atoms with Gasteiger partial charge in [0.05, 0.1) is 10.6 Å². The lowest BCUT2D eigenvalue weighted by molar-refractivity contribution is -0.387. The topological polar surface area (TPSA) is 55.5 Å². The Labute approximate surface area is 143 Å². The van der Waals surface area contributed by atoms with Crippen molar-refractivity contribution in [2.24, 2.45) is 4.40 Å². The molecule has 0 saturated carbocycles. The molecule has 3 aromatic rings. The highest BCUT2D eigenvalue weighted by Crippen LogP contribution is 2.39. The van der Waals surface area contributed by atoms with Gasteiger partial charge >= 0.3 is 0 Å². The highest BCUT2D eigenvalue weighted by atomic mass is 32.2. The highest BCUT2D eigenvalue weighted by molar-refractivity contribution is 7.98. The first-order valence-electron chi connectivity index (χ1n) is 7.43. The molecule has 0 N–H and O–H groups in total. The molecule has 5 heteroatoms. The van der Waals surface area contributed by atoms with Crippen molar-refractivity contribution in [1.82, 2.24) is 0 Å². The van der Waals surface area contributed by atoms with Gasteiger partial charge < -0.3 is 0 Å². The molecule has 0 bridgehead atoms. The van der Waals surface area contributed by atoms with Gasteiger partial charge in [0.2, 0.25) is 0 Å². The minimum atomic E-state index is -0.376. The molecule has 0 radical (unpaired) electrons. The van der Waals surface area contributed by atoms with Crippen molar-refractivity contribution >= 4 is 23.3 Å². The van der Waals surface area contributed by atoms with Crippen LogP contribution in [0.15, 0.2) is 82.1 Å². The molecule has 0 spiro atoms. The van der Waals surface area contributed by atoms with Crippen molar-refractivity contribution in [3.05, 3.63) is 94.0 Å². The van der Waals surface area contributed by atoms with Gasteiger partial charge in [-0.15, -0.1) is 0 Å². The van der Waals surface area contributed by atoms with Crippen molar-refractivity contribution in [2.75, 3.05) is 0 Å². The van der Waals surface area contributed by atoms with E-state index in [9.17, 15) is 10.1 Å². The first-order valence-corrected chi connectivity index (χ1v) is 8.20. The third-order valence-corrected chi connectivity index (χ3v) is 4.77. The van der Waals surface area contributed by atoms with Crippen LogP contribution in [0.3, 0.4) is 0 Å². The fraction of sp³-hybridized carbons (Fsp3) is 0. The molecule has 0 fully saturated rings. The number of rotatable bonds is 3. The van der Waals surface area contributed by atoms with Crippen molar-refractivity contribution < 1.29 is 4.92 Å². The average Bonchev–Trinajstić information content (AvgIpc) is 2.94. The molecule has 0 atom stereocenters. The Morgan fingerprint density at radius 2 is 1.25 bits per heavy atom. The van der Waals surface area contributed by atoms with Crippen molar-refractivity contribution in [2.45, 2.75) is 4.90 Å². The predicted octanol–water partition coefficient (Wildman–Crippen LogP) is 5.12. The minimum Gasteiger partial charge on any atom is -0.258 e. The van der Waals surface area contributed by atoms with E-state index in [4.69, 9.17) is 0 Å². The van der Waals surface area contributed by atoms with Gasteiger partial charge in [0.25, 0.3) is 5.69 Å². The summed E-state index contributed by atoms with van der Waals surface area (Å²) >= 11 is 1.15. The molecule has 4 rings (SSSR count). The van der Waals surface area contributed by atoms with Crippen LogP contribution >= 0.6 is 11.9 Å². The van der Waals surface area contributed by atoms with Gasteiger partial charge in [-0.05, 0) is 17.2 Å². The molecule has 0 saturated heterocycles. The third kappa shape index (κ3) is 2.39. The zero-order valence-corrected chi connectivity index (χ0v) is 13.4. The maximum atomic E-state index is 11.2.